The van der Waals surface area contributed by atoms with Gasteiger partial charge >= 0.3 is 12.2 Å². The van der Waals surface area contributed by atoms with E-state index in [-0.39, 0.29) is 11.1 Å². The summed E-state index contributed by atoms with van der Waals surface area (Å²) in [7, 11) is 0. The lowest BCUT2D eigenvalue weighted by atomic mass is 9.77. The average Bonchev–Trinajstić information content (AvgIpc) is 2.74. The van der Waals surface area contributed by atoms with Crippen LogP contribution in [-0.4, -0.2) is 46.9 Å². The topological polar surface area (TPSA) is 94.6 Å². The van der Waals surface area contributed by atoms with E-state index in [1.807, 2.05) is 18.7 Å². The second-order valence-electron chi connectivity index (χ2n) is 7.19. The van der Waals surface area contributed by atoms with E-state index >= 15 is 0 Å². The summed E-state index contributed by atoms with van der Waals surface area (Å²) in [5, 5.41) is 14.5. The van der Waals surface area contributed by atoms with Crippen LogP contribution < -0.4 is 15.5 Å². The number of amides is 2. The highest BCUT2D eigenvalue weighted by molar-refractivity contribution is 6.00. The van der Waals surface area contributed by atoms with Crippen LogP contribution in [0.25, 0.3) is 0 Å². The lowest BCUT2D eigenvalue weighted by Crippen LogP contribution is -2.72. The summed E-state index contributed by atoms with van der Waals surface area (Å²) in [6.07, 6.45) is -2.81. The number of ketones is 1. The van der Waals surface area contributed by atoms with Gasteiger partial charge in [-0.3, -0.25) is 9.78 Å². The molecule has 0 saturated carbocycles. The first-order valence-corrected chi connectivity index (χ1v) is 9.79. The third-order valence-electron chi connectivity index (χ3n) is 5.42. The van der Waals surface area contributed by atoms with Gasteiger partial charge in [0, 0.05) is 36.7 Å². The number of benzene rings is 1. The number of hydrogen-bond donors (Lipinski definition) is 3. The van der Waals surface area contributed by atoms with Crippen molar-refractivity contribution in [3.63, 3.8) is 0 Å². The van der Waals surface area contributed by atoms with Gasteiger partial charge in [0.1, 0.15) is 5.92 Å². The Bertz CT molecular complexity index is 933. The molecule has 1 aromatic heterocycles. The Hall–Kier alpha value is -3.14. The van der Waals surface area contributed by atoms with Gasteiger partial charge in [0.15, 0.2) is 5.78 Å². The molecule has 1 fully saturated rings. The summed E-state index contributed by atoms with van der Waals surface area (Å²) in [5.41, 5.74) is -2.77. The van der Waals surface area contributed by atoms with Crippen LogP contribution in [0.2, 0.25) is 0 Å². The molecule has 10 heteroatoms. The van der Waals surface area contributed by atoms with Crippen LogP contribution in [0.5, 0.6) is 0 Å². The monoisotopic (exact) mass is 436 g/mol. The number of carbonyl (C=O) groups is 2. The second kappa shape index (κ2) is 8.54. The summed E-state index contributed by atoms with van der Waals surface area (Å²) in [5.74, 6) is -3.08. The molecule has 166 valence electrons. The van der Waals surface area contributed by atoms with Crippen molar-refractivity contribution in [2.75, 3.05) is 18.0 Å². The molecule has 2 aromatic rings. The maximum absolute atomic E-state index is 13.9. The van der Waals surface area contributed by atoms with Crippen molar-refractivity contribution in [3.8, 4) is 0 Å². The van der Waals surface area contributed by atoms with Crippen LogP contribution in [0, 0.1) is 5.92 Å². The highest BCUT2D eigenvalue weighted by atomic mass is 19.4. The SMILES string of the molecule is CCN(CC)c1ccc([C@H]2NC(=O)N[C@@](O)(C(F)(F)F)[C@H]2C(=O)c2cccnc2)cc1. The first-order chi connectivity index (χ1) is 14.6. The zero-order valence-corrected chi connectivity index (χ0v) is 17.0. The first kappa shape index (κ1) is 22.5. The molecule has 3 N–H and O–H groups in total. The van der Waals surface area contributed by atoms with Gasteiger partial charge in [0.2, 0.25) is 5.72 Å². The molecule has 1 aliphatic heterocycles. The minimum atomic E-state index is -5.30. The fraction of sp³-hybridized carbons (Fsp3) is 0.381. The molecule has 1 aliphatic rings. The van der Waals surface area contributed by atoms with Gasteiger partial charge in [-0.05, 0) is 43.7 Å². The van der Waals surface area contributed by atoms with E-state index in [4.69, 9.17) is 0 Å². The van der Waals surface area contributed by atoms with Crippen LogP contribution in [0.4, 0.5) is 23.7 Å². The summed E-state index contributed by atoms with van der Waals surface area (Å²) in [4.78, 5) is 31.0. The minimum absolute atomic E-state index is 0.113. The number of nitrogens with zero attached hydrogens (tertiary/aromatic N) is 2. The van der Waals surface area contributed by atoms with Crippen molar-refractivity contribution in [1.82, 2.24) is 15.6 Å². The van der Waals surface area contributed by atoms with Gasteiger partial charge in [-0.2, -0.15) is 13.2 Å². The van der Waals surface area contributed by atoms with Crippen molar-refractivity contribution in [1.29, 1.82) is 0 Å². The number of anilines is 1. The standard InChI is InChI=1S/C21H23F3N4O3/c1-3-28(4-2)15-9-7-13(8-10-15)17-16(18(29)14-6-5-11-25-12-14)20(31,21(22,23)24)27-19(30)26-17/h5-12,16-17,31H,3-4H2,1-2H3,(H2,26,27,30)/t16-,17-,20+/m1/s1. The molecule has 0 bridgehead atoms. The molecule has 3 rings (SSSR count). The molecule has 0 radical (unpaired) electrons. The molecule has 0 unspecified atom stereocenters. The molecule has 7 nitrogen and oxygen atoms in total. The predicted molar refractivity (Wildman–Crippen MR) is 107 cm³/mol. The Morgan fingerprint density at radius 1 is 1.19 bits per heavy atom. The maximum atomic E-state index is 13.9. The van der Waals surface area contributed by atoms with Crippen molar-refractivity contribution >= 4 is 17.5 Å². The fourth-order valence-corrected chi connectivity index (χ4v) is 3.79. The number of alkyl halides is 3. The molecule has 3 atom stereocenters. The first-order valence-electron chi connectivity index (χ1n) is 9.79. The number of urea groups is 1. The smallest absolute Gasteiger partial charge is 0.372 e. The predicted octanol–water partition coefficient (Wildman–Crippen LogP) is 3.03. The lowest BCUT2D eigenvalue weighted by Gasteiger charge is -2.45. The van der Waals surface area contributed by atoms with Crippen LogP contribution in [0.15, 0.2) is 48.8 Å². The Labute approximate surface area is 177 Å². The number of aliphatic hydroxyl groups is 1. The number of carbonyl (C=O) groups excluding carboxylic acids is 2. The van der Waals surface area contributed by atoms with Crippen LogP contribution in [-0.2, 0) is 0 Å². The highest BCUT2D eigenvalue weighted by Gasteiger charge is 2.66. The third kappa shape index (κ3) is 4.20. The number of rotatable bonds is 6. The summed E-state index contributed by atoms with van der Waals surface area (Å²) < 4.78 is 41.7. The molecule has 31 heavy (non-hydrogen) atoms. The zero-order chi connectivity index (χ0) is 22.8. The Morgan fingerprint density at radius 2 is 1.84 bits per heavy atom. The Balaban J connectivity index is 2.09. The van der Waals surface area contributed by atoms with Crippen molar-refractivity contribution in [2.24, 2.45) is 5.92 Å². The molecule has 0 aliphatic carbocycles. The molecule has 2 heterocycles. The number of Topliss-reactive ketones (excluding diaryl/α,β-unsaturated/α-hetero) is 1. The minimum Gasteiger partial charge on any atom is -0.372 e. The van der Waals surface area contributed by atoms with Crippen LogP contribution in [0.1, 0.15) is 35.8 Å². The lowest BCUT2D eigenvalue weighted by molar-refractivity contribution is -0.287. The highest BCUT2D eigenvalue weighted by Crippen LogP contribution is 2.44. The maximum Gasteiger partial charge on any atom is 0.437 e. The molecular weight excluding hydrogens is 413 g/mol. The van der Waals surface area contributed by atoms with E-state index in [2.05, 4.69) is 10.3 Å². The molecular formula is C21H23F3N4O3. The van der Waals surface area contributed by atoms with Crippen molar-refractivity contribution < 1.29 is 27.9 Å². The fourth-order valence-electron chi connectivity index (χ4n) is 3.79. The Morgan fingerprint density at radius 3 is 2.35 bits per heavy atom. The normalized spacial score (nSPS) is 23.6. The second-order valence-corrected chi connectivity index (χ2v) is 7.19. The number of pyridine rings is 1. The van der Waals surface area contributed by atoms with Crippen LogP contribution in [0.3, 0.4) is 0 Å². The summed E-state index contributed by atoms with van der Waals surface area (Å²) in [6, 6.07) is 6.57. The molecule has 2 amide bonds. The largest absolute Gasteiger partial charge is 0.437 e. The average molecular weight is 436 g/mol. The van der Waals surface area contributed by atoms with Gasteiger partial charge in [0.25, 0.3) is 0 Å². The molecule has 1 aromatic carbocycles. The third-order valence-corrected chi connectivity index (χ3v) is 5.42. The summed E-state index contributed by atoms with van der Waals surface area (Å²) in [6.45, 7) is 5.40. The van der Waals surface area contributed by atoms with Crippen molar-refractivity contribution in [3.05, 3.63) is 59.9 Å². The van der Waals surface area contributed by atoms with E-state index in [0.29, 0.717) is 0 Å². The van der Waals surface area contributed by atoms with E-state index in [1.54, 1.807) is 24.3 Å². The molecule has 0 spiro atoms. The van der Waals surface area contributed by atoms with E-state index in [1.165, 1.54) is 23.6 Å². The number of halogens is 3. The van der Waals surface area contributed by atoms with E-state index in [0.717, 1.165) is 25.0 Å². The Kier molecular flexibility index (Phi) is 6.21. The number of hydrogen-bond acceptors (Lipinski definition) is 5. The summed E-state index contributed by atoms with van der Waals surface area (Å²) >= 11 is 0. The van der Waals surface area contributed by atoms with Gasteiger partial charge in [0.05, 0.1) is 6.04 Å². The van der Waals surface area contributed by atoms with Crippen molar-refractivity contribution in [2.45, 2.75) is 31.8 Å². The molecule has 1 saturated heterocycles. The number of aromatic nitrogens is 1. The van der Waals surface area contributed by atoms with Gasteiger partial charge in [-0.15, -0.1) is 0 Å². The number of nitrogens with one attached hydrogen (secondary N) is 2. The van der Waals surface area contributed by atoms with E-state index < -0.39 is 35.7 Å². The van der Waals surface area contributed by atoms with Gasteiger partial charge in [-0.1, -0.05) is 12.1 Å². The van der Waals surface area contributed by atoms with Gasteiger partial charge in [-0.25, -0.2) is 4.79 Å². The van der Waals surface area contributed by atoms with Crippen LogP contribution >= 0.6 is 0 Å². The quantitative estimate of drug-likeness (QED) is 0.606. The zero-order valence-electron chi connectivity index (χ0n) is 17.0. The van der Waals surface area contributed by atoms with E-state index in [9.17, 15) is 27.9 Å². The van der Waals surface area contributed by atoms with Gasteiger partial charge < -0.3 is 20.6 Å².